The van der Waals surface area contributed by atoms with Gasteiger partial charge in [0.15, 0.2) is 9.84 Å². The molecule has 6 nitrogen and oxygen atoms in total. The number of hydrogen-bond acceptors (Lipinski definition) is 6. The molecule has 0 bridgehead atoms. The SMILES string of the molecule is O=CN(O)CCS(=O)(=O)Cc1ccc2ncsc2c1.c1ccccc1. The van der Waals surface area contributed by atoms with Crippen LogP contribution < -0.4 is 0 Å². The van der Waals surface area contributed by atoms with Gasteiger partial charge in [-0.25, -0.2) is 18.5 Å². The molecule has 1 amide bonds. The number of amides is 1. The second-order valence-electron chi connectivity index (χ2n) is 5.17. The Morgan fingerprint density at radius 1 is 1.12 bits per heavy atom. The van der Waals surface area contributed by atoms with Gasteiger partial charge < -0.3 is 0 Å². The molecule has 3 aromatic rings. The van der Waals surface area contributed by atoms with E-state index in [2.05, 4.69) is 4.98 Å². The summed E-state index contributed by atoms with van der Waals surface area (Å²) in [5, 5.41) is 9.22. The average Bonchev–Trinajstić information content (AvgIpc) is 3.09. The van der Waals surface area contributed by atoms with Crippen molar-refractivity contribution in [3.05, 3.63) is 65.7 Å². The van der Waals surface area contributed by atoms with Crippen LogP contribution in [-0.2, 0) is 20.4 Å². The molecule has 8 heteroatoms. The molecule has 1 aromatic heterocycles. The first-order valence-corrected chi connectivity index (χ1v) is 10.1. The largest absolute Gasteiger partial charge is 0.286 e. The first-order chi connectivity index (χ1) is 12.0. The van der Waals surface area contributed by atoms with Gasteiger partial charge in [-0.1, -0.05) is 42.5 Å². The van der Waals surface area contributed by atoms with Gasteiger partial charge in [-0.15, -0.1) is 11.3 Å². The third kappa shape index (κ3) is 6.61. The second-order valence-corrected chi connectivity index (χ2v) is 8.24. The van der Waals surface area contributed by atoms with Gasteiger partial charge in [-0.05, 0) is 17.7 Å². The number of sulfone groups is 1. The minimum Gasteiger partial charge on any atom is -0.286 e. The van der Waals surface area contributed by atoms with Crippen molar-refractivity contribution in [1.82, 2.24) is 10.0 Å². The van der Waals surface area contributed by atoms with Crippen molar-refractivity contribution in [2.45, 2.75) is 5.75 Å². The fourth-order valence-corrected chi connectivity index (χ4v) is 4.02. The van der Waals surface area contributed by atoms with E-state index >= 15 is 0 Å². The minimum absolute atomic E-state index is 0.118. The van der Waals surface area contributed by atoms with Crippen LogP contribution in [0.4, 0.5) is 0 Å². The van der Waals surface area contributed by atoms with E-state index in [0.717, 1.165) is 10.2 Å². The summed E-state index contributed by atoms with van der Waals surface area (Å²) in [5.41, 5.74) is 3.22. The summed E-state index contributed by atoms with van der Waals surface area (Å²) >= 11 is 1.45. The molecule has 0 aliphatic rings. The summed E-state index contributed by atoms with van der Waals surface area (Å²) in [6.07, 6.45) is 0.179. The van der Waals surface area contributed by atoms with E-state index in [1.165, 1.54) is 11.3 Å². The maximum atomic E-state index is 11.8. The molecule has 0 aliphatic heterocycles. The molecule has 1 N–H and O–H groups in total. The maximum Gasteiger partial charge on any atom is 0.233 e. The molecule has 0 atom stereocenters. The van der Waals surface area contributed by atoms with Crippen molar-refractivity contribution in [2.24, 2.45) is 0 Å². The zero-order valence-corrected chi connectivity index (χ0v) is 15.0. The Morgan fingerprint density at radius 2 is 1.76 bits per heavy atom. The molecule has 1 heterocycles. The van der Waals surface area contributed by atoms with Gasteiger partial charge in [0.25, 0.3) is 0 Å². The van der Waals surface area contributed by atoms with E-state index in [-0.39, 0.29) is 24.5 Å². The first kappa shape index (κ1) is 19.0. The number of aromatic nitrogens is 1. The van der Waals surface area contributed by atoms with Crippen LogP contribution in [0.1, 0.15) is 5.56 Å². The van der Waals surface area contributed by atoms with E-state index in [1.54, 1.807) is 23.7 Å². The van der Waals surface area contributed by atoms with Crippen LogP contribution in [0.25, 0.3) is 10.2 Å². The average molecular weight is 378 g/mol. The third-order valence-electron chi connectivity index (χ3n) is 3.20. The van der Waals surface area contributed by atoms with Crippen LogP contribution in [0.2, 0.25) is 0 Å². The van der Waals surface area contributed by atoms with Crippen molar-refractivity contribution in [3.63, 3.8) is 0 Å². The van der Waals surface area contributed by atoms with Gasteiger partial charge in [-0.3, -0.25) is 10.0 Å². The number of thiazole rings is 1. The van der Waals surface area contributed by atoms with Gasteiger partial charge >= 0.3 is 0 Å². The Kier molecular flexibility index (Phi) is 7.05. The van der Waals surface area contributed by atoms with Crippen LogP contribution >= 0.6 is 11.3 Å². The van der Waals surface area contributed by atoms with Crippen molar-refractivity contribution in [2.75, 3.05) is 12.3 Å². The second kappa shape index (κ2) is 9.26. The normalized spacial score (nSPS) is 10.8. The summed E-state index contributed by atoms with van der Waals surface area (Å²) in [5.74, 6) is -0.392. The highest BCUT2D eigenvalue weighted by molar-refractivity contribution is 7.90. The van der Waals surface area contributed by atoms with E-state index in [0.29, 0.717) is 10.6 Å². The molecule has 0 aliphatic carbocycles. The Hall–Kier alpha value is -2.29. The molecule has 0 saturated carbocycles. The highest BCUT2D eigenvalue weighted by Crippen LogP contribution is 2.20. The maximum absolute atomic E-state index is 11.8. The number of carbonyl (C=O) groups excluding carboxylic acids is 1. The van der Waals surface area contributed by atoms with Crippen LogP contribution in [0.5, 0.6) is 0 Å². The standard InChI is InChI=1S/C11H12N2O4S2.C6H6/c14-8-13(15)3-4-19(16,17)6-9-1-2-10-11(5-9)18-7-12-10;1-2-4-6-5-3-1/h1-2,5,7-8,15H,3-4,6H2;1-6H. The van der Waals surface area contributed by atoms with Gasteiger partial charge in [0.2, 0.25) is 6.41 Å². The van der Waals surface area contributed by atoms with E-state index in [4.69, 9.17) is 5.21 Å². The number of rotatable bonds is 6. The van der Waals surface area contributed by atoms with Crippen LogP contribution in [0.3, 0.4) is 0 Å². The van der Waals surface area contributed by atoms with Crippen LogP contribution in [0.15, 0.2) is 60.1 Å². The van der Waals surface area contributed by atoms with Crippen molar-refractivity contribution >= 4 is 37.8 Å². The first-order valence-electron chi connectivity index (χ1n) is 7.43. The fraction of sp³-hybridized carbons (Fsp3) is 0.176. The van der Waals surface area contributed by atoms with Gasteiger partial charge in [-0.2, -0.15) is 0 Å². The minimum atomic E-state index is -3.37. The molecule has 2 aromatic carbocycles. The monoisotopic (exact) mass is 378 g/mol. The van der Waals surface area contributed by atoms with Gasteiger partial charge in [0.1, 0.15) is 0 Å². The number of benzene rings is 2. The fourth-order valence-electron chi connectivity index (χ4n) is 1.99. The summed E-state index contributed by atoms with van der Waals surface area (Å²) < 4.78 is 24.6. The summed E-state index contributed by atoms with van der Waals surface area (Å²) in [6, 6.07) is 17.3. The Labute approximate surface area is 150 Å². The van der Waals surface area contributed by atoms with Crippen molar-refractivity contribution in [3.8, 4) is 0 Å². The third-order valence-corrected chi connectivity index (χ3v) is 5.57. The summed E-state index contributed by atoms with van der Waals surface area (Å²) in [7, 11) is -3.37. The topological polar surface area (TPSA) is 87.6 Å². The highest BCUT2D eigenvalue weighted by Gasteiger charge is 2.14. The summed E-state index contributed by atoms with van der Waals surface area (Å²) in [4.78, 5) is 14.3. The number of hydrogen-bond donors (Lipinski definition) is 1. The Balaban J connectivity index is 0.000000316. The molecular formula is C17H18N2O4S2. The molecule has 132 valence electrons. The molecule has 25 heavy (non-hydrogen) atoms. The molecule has 0 unspecified atom stereocenters. The number of fused-ring (bicyclic) bond motifs is 1. The lowest BCUT2D eigenvalue weighted by Crippen LogP contribution is -2.25. The molecule has 0 saturated heterocycles. The van der Waals surface area contributed by atoms with E-state index in [1.807, 2.05) is 36.4 Å². The molecule has 3 rings (SSSR count). The molecule has 0 fully saturated rings. The predicted molar refractivity (Wildman–Crippen MR) is 98.1 cm³/mol. The van der Waals surface area contributed by atoms with E-state index < -0.39 is 9.84 Å². The number of nitrogens with zero attached hydrogens (tertiary/aromatic N) is 2. The van der Waals surface area contributed by atoms with Crippen molar-refractivity contribution in [1.29, 1.82) is 0 Å². The molecule has 0 radical (unpaired) electrons. The highest BCUT2D eigenvalue weighted by atomic mass is 32.2. The quantitative estimate of drug-likeness (QED) is 0.405. The lowest BCUT2D eigenvalue weighted by molar-refractivity contribution is -0.148. The Morgan fingerprint density at radius 3 is 2.36 bits per heavy atom. The van der Waals surface area contributed by atoms with Gasteiger partial charge in [0.05, 0.1) is 33.8 Å². The van der Waals surface area contributed by atoms with Crippen molar-refractivity contribution < 1.29 is 18.4 Å². The Bertz CT molecular complexity index is 868. The lowest BCUT2D eigenvalue weighted by atomic mass is 10.2. The number of hydroxylamine groups is 2. The van der Waals surface area contributed by atoms with Crippen LogP contribution in [-0.4, -0.2) is 42.4 Å². The molecule has 0 spiro atoms. The summed E-state index contributed by atoms with van der Waals surface area (Å²) in [6.45, 7) is -0.228. The van der Waals surface area contributed by atoms with Crippen LogP contribution in [0, 0.1) is 0 Å². The smallest absolute Gasteiger partial charge is 0.233 e. The van der Waals surface area contributed by atoms with E-state index in [9.17, 15) is 13.2 Å². The zero-order chi connectivity index (χ0) is 18.1. The number of carbonyl (C=O) groups is 1. The molecular weight excluding hydrogens is 360 g/mol. The lowest BCUT2D eigenvalue weighted by Gasteiger charge is -2.09. The zero-order valence-electron chi connectivity index (χ0n) is 13.4. The predicted octanol–water partition coefficient (Wildman–Crippen LogP) is 2.75. The van der Waals surface area contributed by atoms with Gasteiger partial charge in [0, 0.05) is 0 Å².